The highest BCUT2D eigenvalue weighted by Gasteiger charge is 2.09. The first-order valence-corrected chi connectivity index (χ1v) is 7.92. The predicted molar refractivity (Wildman–Crippen MR) is 86.8 cm³/mol. The first-order chi connectivity index (χ1) is 9.76. The molecule has 110 valence electrons. The lowest BCUT2D eigenvalue weighted by molar-refractivity contribution is -0.111. The Bertz CT molecular complexity index is 380. The molecule has 0 saturated carbocycles. The molecule has 1 aromatic carbocycles. The zero-order valence-electron chi connectivity index (χ0n) is 12.8. The van der Waals surface area contributed by atoms with Crippen molar-refractivity contribution in [2.24, 2.45) is 5.92 Å². The summed E-state index contributed by atoms with van der Waals surface area (Å²) in [5, 5.41) is 0. The fourth-order valence-corrected chi connectivity index (χ4v) is 2.49. The van der Waals surface area contributed by atoms with E-state index in [0.29, 0.717) is 0 Å². The number of allylic oxidation sites excluding steroid dienone is 1. The monoisotopic (exact) mass is 272 g/mol. The average molecular weight is 272 g/mol. The standard InChI is InChI=1S/C19H28O/c1-3-4-5-7-12-19(16-20)15-17(2)13-14-18-10-8-6-9-11-18/h6,8-11,16,19H,2-5,7,12-15H2,1H3/t19-/m1/s1. The Balaban J connectivity index is 2.23. The van der Waals surface area contributed by atoms with Crippen molar-refractivity contribution in [3.8, 4) is 0 Å². The molecule has 0 aliphatic heterocycles. The van der Waals surface area contributed by atoms with Crippen molar-refractivity contribution in [2.75, 3.05) is 0 Å². The van der Waals surface area contributed by atoms with Crippen molar-refractivity contribution in [3.05, 3.63) is 48.0 Å². The summed E-state index contributed by atoms with van der Waals surface area (Å²) in [4.78, 5) is 11.1. The molecule has 0 aliphatic rings. The normalized spacial score (nSPS) is 12.1. The fourth-order valence-electron chi connectivity index (χ4n) is 2.49. The highest BCUT2D eigenvalue weighted by Crippen LogP contribution is 2.19. The molecule has 20 heavy (non-hydrogen) atoms. The molecule has 0 aliphatic carbocycles. The third kappa shape index (κ3) is 7.28. The summed E-state index contributed by atoms with van der Waals surface area (Å²) in [7, 11) is 0. The lowest BCUT2D eigenvalue weighted by Crippen LogP contribution is -2.04. The maximum atomic E-state index is 11.1. The second-order valence-corrected chi connectivity index (χ2v) is 5.69. The van der Waals surface area contributed by atoms with Crippen molar-refractivity contribution in [2.45, 2.75) is 58.3 Å². The largest absolute Gasteiger partial charge is 0.303 e. The van der Waals surface area contributed by atoms with E-state index in [9.17, 15) is 4.79 Å². The van der Waals surface area contributed by atoms with Crippen LogP contribution < -0.4 is 0 Å². The zero-order valence-corrected chi connectivity index (χ0v) is 12.8. The SMILES string of the molecule is C=C(CCc1ccccc1)C[C@H](C=O)CCCCCC. The molecule has 1 atom stereocenters. The first-order valence-electron chi connectivity index (χ1n) is 7.92. The summed E-state index contributed by atoms with van der Waals surface area (Å²) in [5.74, 6) is 0.176. The van der Waals surface area contributed by atoms with Crippen LogP contribution in [0.25, 0.3) is 0 Å². The molecule has 0 bridgehead atoms. The number of aryl methyl sites for hydroxylation is 1. The molecule has 0 N–H and O–H groups in total. The van der Waals surface area contributed by atoms with Gasteiger partial charge in [-0.15, -0.1) is 0 Å². The van der Waals surface area contributed by atoms with Gasteiger partial charge in [0.05, 0.1) is 0 Å². The lowest BCUT2D eigenvalue weighted by Gasteiger charge is -2.12. The lowest BCUT2D eigenvalue weighted by atomic mass is 9.92. The highest BCUT2D eigenvalue weighted by atomic mass is 16.1. The Hall–Kier alpha value is -1.37. The summed E-state index contributed by atoms with van der Waals surface area (Å²) < 4.78 is 0. The van der Waals surface area contributed by atoms with E-state index < -0.39 is 0 Å². The van der Waals surface area contributed by atoms with Crippen LogP contribution in [0.2, 0.25) is 0 Å². The number of rotatable bonds is 11. The van der Waals surface area contributed by atoms with Crippen LogP contribution in [-0.2, 0) is 11.2 Å². The molecule has 0 fully saturated rings. The molecule has 0 amide bonds. The smallest absolute Gasteiger partial charge is 0.123 e. The van der Waals surface area contributed by atoms with Gasteiger partial charge in [-0.3, -0.25) is 0 Å². The molecule has 1 nitrogen and oxygen atoms in total. The van der Waals surface area contributed by atoms with Gasteiger partial charge in [0.25, 0.3) is 0 Å². The van der Waals surface area contributed by atoms with Crippen LogP contribution >= 0.6 is 0 Å². The van der Waals surface area contributed by atoms with Gasteiger partial charge in [0, 0.05) is 5.92 Å². The summed E-state index contributed by atoms with van der Waals surface area (Å²) >= 11 is 0. The van der Waals surface area contributed by atoms with Gasteiger partial charge in [-0.2, -0.15) is 0 Å². The molecule has 1 heteroatoms. The molecule has 0 aromatic heterocycles. The zero-order chi connectivity index (χ0) is 14.6. The van der Waals surface area contributed by atoms with E-state index in [1.165, 1.54) is 36.8 Å². The Morgan fingerprint density at radius 2 is 1.95 bits per heavy atom. The molecule has 0 radical (unpaired) electrons. The van der Waals surface area contributed by atoms with Crippen LogP contribution in [0.5, 0.6) is 0 Å². The van der Waals surface area contributed by atoms with Gasteiger partial charge < -0.3 is 4.79 Å². The Labute approximate surface area is 124 Å². The van der Waals surface area contributed by atoms with Crippen molar-refractivity contribution in [1.29, 1.82) is 0 Å². The minimum absolute atomic E-state index is 0.176. The van der Waals surface area contributed by atoms with E-state index in [1.807, 2.05) is 6.07 Å². The van der Waals surface area contributed by atoms with Crippen molar-refractivity contribution < 1.29 is 4.79 Å². The number of aldehydes is 1. The Morgan fingerprint density at radius 1 is 1.20 bits per heavy atom. The van der Waals surface area contributed by atoms with E-state index in [2.05, 4.69) is 37.8 Å². The van der Waals surface area contributed by atoms with Gasteiger partial charge in [0.2, 0.25) is 0 Å². The molecular weight excluding hydrogens is 244 g/mol. The van der Waals surface area contributed by atoms with Crippen molar-refractivity contribution >= 4 is 6.29 Å². The van der Waals surface area contributed by atoms with Gasteiger partial charge in [0.15, 0.2) is 0 Å². The molecular formula is C19H28O. The molecule has 1 rings (SSSR count). The highest BCUT2D eigenvalue weighted by molar-refractivity contribution is 5.54. The summed E-state index contributed by atoms with van der Waals surface area (Å²) in [6, 6.07) is 10.5. The second-order valence-electron chi connectivity index (χ2n) is 5.69. The van der Waals surface area contributed by atoms with Crippen LogP contribution in [0.1, 0.15) is 57.4 Å². The average Bonchev–Trinajstić information content (AvgIpc) is 2.49. The number of benzene rings is 1. The topological polar surface area (TPSA) is 17.1 Å². The van der Waals surface area contributed by atoms with E-state index >= 15 is 0 Å². The van der Waals surface area contributed by atoms with E-state index in [-0.39, 0.29) is 5.92 Å². The number of hydrogen-bond donors (Lipinski definition) is 0. The molecule has 1 aromatic rings. The first kappa shape index (κ1) is 16.7. The van der Waals surface area contributed by atoms with Gasteiger partial charge in [0.1, 0.15) is 6.29 Å². The number of hydrogen-bond acceptors (Lipinski definition) is 1. The number of carbonyl (C=O) groups excluding carboxylic acids is 1. The van der Waals surface area contributed by atoms with E-state index in [1.54, 1.807) is 0 Å². The summed E-state index contributed by atoms with van der Waals surface area (Å²) in [6.45, 7) is 6.35. The Kier molecular flexibility index (Phi) is 8.69. The maximum absolute atomic E-state index is 11.1. The van der Waals surface area contributed by atoms with Crippen molar-refractivity contribution in [3.63, 3.8) is 0 Å². The van der Waals surface area contributed by atoms with E-state index in [4.69, 9.17) is 0 Å². The third-order valence-corrected chi connectivity index (χ3v) is 3.78. The van der Waals surface area contributed by atoms with Crippen LogP contribution in [0, 0.1) is 5.92 Å². The molecule has 0 heterocycles. The van der Waals surface area contributed by atoms with Gasteiger partial charge in [-0.25, -0.2) is 0 Å². The predicted octanol–water partition coefficient (Wildman–Crippen LogP) is 5.35. The molecule has 0 spiro atoms. The maximum Gasteiger partial charge on any atom is 0.123 e. The van der Waals surface area contributed by atoms with Crippen LogP contribution in [0.3, 0.4) is 0 Å². The van der Waals surface area contributed by atoms with Crippen molar-refractivity contribution in [1.82, 2.24) is 0 Å². The number of unbranched alkanes of at least 4 members (excludes halogenated alkanes) is 3. The molecule has 0 unspecified atom stereocenters. The second kappa shape index (κ2) is 10.4. The minimum Gasteiger partial charge on any atom is -0.303 e. The number of carbonyl (C=O) groups is 1. The van der Waals surface area contributed by atoms with E-state index in [0.717, 1.165) is 32.0 Å². The van der Waals surface area contributed by atoms with Gasteiger partial charge in [-0.05, 0) is 31.2 Å². The van der Waals surface area contributed by atoms with Gasteiger partial charge in [-0.1, -0.05) is 75.1 Å². The minimum atomic E-state index is 0.176. The Morgan fingerprint density at radius 3 is 2.60 bits per heavy atom. The van der Waals surface area contributed by atoms with Gasteiger partial charge >= 0.3 is 0 Å². The third-order valence-electron chi connectivity index (χ3n) is 3.78. The summed E-state index contributed by atoms with van der Waals surface area (Å²) in [5.41, 5.74) is 2.56. The van der Waals surface area contributed by atoms with Crippen LogP contribution in [0.15, 0.2) is 42.5 Å². The van der Waals surface area contributed by atoms with Crippen LogP contribution in [-0.4, -0.2) is 6.29 Å². The fraction of sp³-hybridized carbons (Fsp3) is 0.526. The summed E-state index contributed by atoms with van der Waals surface area (Å²) in [6.07, 6.45) is 9.97. The van der Waals surface area contributed by atoms with Crippen LogP contribution in [0.4, 0.5) is 0 Å². The molecule has 0 saturated heterocycles. The quantitative estimate of drug-likeness (QED) is 0.301.